The van der Waals surface area contributed by atoms with Crippen LogP contribution in [0.2, 0.25) is 0 Å². The molecule has 1 aromatic heterocycles. The lowest BCUT2D eigenvalue weighted by Crippen LogP contribution is -2.33. The summed E-state index contributed by atoms with van der Waals surface area (Å²) in [6, 6.07) is 8.41. The van der Waals surface area contributed by atoms with Gasteiger partial charge in [0.05, 0.1) is 7.11 Å². The molecule has 1 aliphatic rings. The van der Waals surface area contributed by atoms with E-state index >= 15 is 0 Å². The fourth-order valence-electron chi connectivity index (χ4n) is 3.06. The van der Waals surface area contributed by atoms with E-state index in [1.165, 1.54) is 12.0 Å². The second kappa shape index (κ2) is 9.49. The Kier molecular flexibility index (Phi) is 6.78. The minimum atomic E-state index is -0.734. The standard InChI is InChI=1S/C20H22N4O5S/c1-12-16(18(27)29-2)23-19(30-12)22-15(25)9-8-14-17(26)24(20(28)21-14)11-10-13-6-4-3-5-7-13/h3-7,14H,8-11H2,1-2H3,(H,21,28)(H,22,23,25)/t14-/m0/s1. The third-order valence-corrected chi connectivity index (χ3v) is 5.54. The maximum Gasteiger partial charge on any atom is 0.357 e. The Morgan fingerprint density at radius 1 is 1.27 bits per heavy atom. The molecule has 1 aliphatic heterocycles. The summed E-state index contributed by atoms with van der Waals surface area (Å²) in [5.74, 6) is -1.26. The van der Waals surface area contributed by atoms with Crippen molar-refractivity contribution in [3.63, 3.8) is 0 Å². The Morgan fingerprint density at radius 3 is 2.70 bits per heavy atom. The van der Waals surface area contributed by atoms with Gasteiger partial charge in [0.1, 0.15) is 6.04 Å². The zero-order chi connectivity index (χ0) is 21.7. The van der Waals surface area contributed by atoms with Crippen molar-refractivity contribution in [2.24, 2.45) is 0 Å². The molecular weight excluding hydrogens is 408 g/mol. The number of imide groups is 1. The first-order valence-corrected chi connectivity index (χ1v) is 10.2. The number of hydrogen-bond acceptors (Lipinski definition) is 7. The summed E-state index contributed by atoms with van der Waals surface area (Å²) in [4.78, 5) is 54.3. The van der Waals surface area contributed by atoms with E-state index in [1.54, 1.807) is 6.92 Å². The van der Waals surface area contributed by atoms with Crippen LogP contribution in [0.15, 0.2) is 30.3 Å². The zero-order valence-electron chi connectivity index (χ0n) is 16.6. The quantitative estimate of drug-likeness (QED) is 0.489. The number of thiazole rings is 1. The molecule has 9 nitrogen and oxygen atoms in total. The molecule has 0 bridgehead atoms. The van der Waals surface area contributed by atoms with Crippen molar-refractivity contribution in [1.29, 1.82) is 0 Å². The predicted molar refractivity (Wildman–Crippen MR) is 110 cm³/mol. The Labute approximate surface area is 177 Å². The van der Waals surface area contributed by atoms with Gasteiger partial charge in [0.15, 0.2) is 10.8 Å². The van der Waals surface area contributed by atoms with Crippen LogP contribution < -0.4 is 10.6 Å². The van der Waals surface area contributed by atoms with Crippen LogP contribution in [0.25, 0.3) is 0 Å². The number of carbonyl (C=O) groups is 4. The third kappa shape index (κ3) is 5.01. The van der Waals surface area contributed by atoms with Gasteiger partial charge < -0.3 is 15.4 Å². The number of carbonyl (C=O) groups excluding carboxylic acids is 4. The molecule has 2 N–H and O–H groups in total. The van der Waals surface area contributed by atoms with E-state index in [0.717, 1.165) is 16.9 Å². The van der Waals surface area contributed by atoms with Crippen molar-refractivity contribution in [3.8, 4) is 0 Å². The first kappa shape index (κ1) is 21.4. The lowest BCUT2D eigenvalue weighted by molar-refractivity contribution is -0.127. The van der Waals surface area contributed by atoms with Gasteiger partial charge in [0, 0.05) is 17.8 Å². The molecule has 10 heteroatoms. The fourth-order valence-corrected chi connectivity index (χ4v) is 3.88. The van der Waals surface area contributed by atoms with E-state index < -0.39 is 18.0 Å². The Bertz CT molecular complexity index is 959. The molecule has 0 radical (unpaired) electrons. The van der Waals surface area contributed by atoms with Gasteiger partial charge in [-0.3, -0.25) is 14.5 Å². The molecule has 1 fully saturated rings. The average molecular weight is 430 g/mol. The molecule has 0 aliphatic carbocycles. The number of urea groups is 1. The molecule has 3 rings (SSSR count). The largest absolute Gasteiger partial charge is 0.464 e. The maximum atomic E-state index is 12.5. The molecule has 1 atom stereocenters. The highest BCUT2D eigenvalue weighted by atomic mass is 32.1. The van der Waals surface area contributed by atoms with E-state index in [0.29, 0.717) is 11.3 Å². The summed E-state index contributed by atoms with van der Waals surface area (Å²) in [7, 11) is 1.26. The Morgan fingerprint density at radius 2 is 2.00 bits per heavy atom. The van der Waals surface area contributed by atoms with Crippen LogP contribution in [0.1, 0.15) is 33.8 Å². The molecule has 158 valence electrons. The van der Waals surface area contributed by atoms with Crippen molar-refractivity contribution in [3.05, 3.63) is 46.5 Å². The molecule has 2 aromatic rings. The second-order valence-corrected chi connectivity index (χ2v) is 7.93. The van der Waals surface area contributed by atoms with E-state index in [-0.39, 0.29) is 42.0 Å². The zero-order valence-corrected chi connectivity index (χ0v) is 17.5. The van der Waals surface area contributed by atoms with Crippen LogP contribution in [0, 0.1) is 6.92 Å². The van der Waals surface area contributed by atoms with Gasteiger partial charge in [-0.05, 0) is 25.3 Å². The first-order chi connectivity index (χ1) is 14.4. The average Bonchev–Trinajstić information content (AvgIpc) is 3.23. The number of esters is 1. The first-order valence-electron chi connectivity index (χ1n) is 9.40. The summed E-state index contributed by atoms with van der Waals surface area (Å²) >= 11 is 1.16. The van der Waals surface area contributed by atoms with Crippen LogP contribution in [0.3, 0.4) is 0 Å². The minimum absolute atomic E-state index is 0.0232. The molecule has 0 spiro atoms. The van der Waals surface area contributed by atoms with Gasteiger partial charge in [-0.1, -0.05) is 30.3 Å². The van der Waals surface area contributed by atoms with Gasteiger partial charge in [-0.25, -0.2) is 14.6 Å². The van der Waals surface area contributed by atoms with Crippen molar-refractivity contribution in [2.45, 2.75) is 32.2 Å². The maximum absolute atomic E-state index is 12.5. The van der Waals surface area contributed by atoms with Crippen LogP contribution in [-0.4, -0.2) is 53.4 Å². The van der Waals surface area contributed by atoms with Crippen molar-refractivity contribution in [1.82, 2.24) is 15.2 Å². The number of aryl methyl sites for hydroxylation is 1. The summed E-state index contributed by atoms with van der Waals surface area (Å²) in [6.45, 7) is 1.99. The number of anilines is 1. The molecule has 1 saturated heterocycles. The molecule has 30 heavy (non-hydrogen) atoms. The number of nitrogens with one attached hydrogen (secondary N) is 2. The van der Waals surface area contributed by atoms with Gasteiger partial charge in [-0.15, -0.1) is 11.3 Å². The van der Waals surface area contributed by atoms with Gasteiger partial charge in [-0.2, -0.15) is 0 Å². The van der Waals surface area contributed by atoms with Gasteiger partial charge >= 0.3 is 12.0 Å². The van der Waals surface area contributed by atoms with E-state index in [4.69, 9.17) is 0 Å². The van der Waals surface area contributed by atoms with Crippen molar-refractivity contribution in [2.75, 3.05) is 19.0 Å². The Hall–Kier alpha value is -3.27. The van der Waals surface area contributed by atoms with Gasteiger partial charge in [0.2, 0.25) is 5.91 Å². The third-order valence-electron chi connectivity index (χ3n) is 4.66. The SMILES string of the molecule is COC(=O)c1nc(NC(=O)CC[C@@H]2NC(=O)N(CCc3ccccc3)C2=O)sc1C. The summed E-state index contributed by atoms with van der Waals surface area (Å²) < 4.78 is 4.64. The van der Waals surface area contributed by atoms with E-state index in [2.05, 4.69) is 20.4 Å². The predicted octanol–water partition coefficient (Wildman–Crippen LogP) is 2.12. The lowest BCUT2D eigenvalue weighted by atomic mass is 10.1. The highest BCUT2D eigenvalue weighted by Crippen LogP contribution is 2.23. The monoisotopic (exact) mass is 430 g/mol. The molecule has 2 heterocycles. The van der Waals surface area contributed by atoms with Crippen LogP contribution in [0.4, 0.5) is 9.93 Å². The smallest absolute Gasteiger partial charge is 0.357 e. The van der Waals surface area contributed by atoms with Gasteiger partial charge in [0.25, 0.3) is 5.91 Å². The molecule has 4 amide bonds. The molecule has 0 unspecified atom stereocenters. The van der Waals surface area contributed by atoms with Crippen molar-refractivity contribution >= 4 is 40.3 Å². The number of aromatic nitrogens is 1. The highest BCUT2D eigenvalue weighted by Gasteiger charge is 2.37. The summed E-state index contributed by atoms with van der Waals surface area (Å²) in [5, 5.41) is 5.52. The van der Waals surface area contributed by atoms with Crippen LogP contribution >= 0.6 is 11.3 Å². The fraction of sp³-hybridized carbons (Fsp3) is 0.350. The van der Waals surface area contributed by atoms with E-state index in [9.17, 15) is 19.2 Å². The minimum Gasteiger partial charge on any atom is -0.464 e. The molecule has 0 saturated carbocycles. The molecule has 1 aromatic carbocycles. The number of benzene rings is 1. The van der Waals surface area contributed by atoms with Crippen LogP contribution in [-0.2, 0) is 20.7 Å². The normalized spacial score (nSPS) is 15.8. The Balaban J connectivity index is 1.49. The highest BCUT2D eigenvalue weighted by molar-refractivity contribution is 7.16. The number of hydrogen-bond donors (Lipinski definition) is 2. The number of amides is 4. The number of methoxy groups -OCH3 is 1. The molecular formula is C20H22N4O5S. The number of nitrogens with zero attached hydrogens (tertiary/aromatic N) is 2. The topological polar surface area (TPSA) is 118 Å². The van der Waals surface area contributed by atoms with Crippen molar-refractivity contribution < 1.29 is 23.9 Å². The lowest BCUT2D eigenvalue weighted by Gasteiger charge is -2.13. The number of rotatable bonds is 8. The second-order valence-electron chi connectivity index (χ2n) is 6.73. The summed E-state index contributed by atoms with van der Waals surface area (Å²) in [6.07, 6.45) is 0.765. The summed E-state index contributed by atoms with van der Waals surface area (Å²) in [5.41, 5.74) is 1.19. The number of ether oxygens (including phenoxy) is 1. The van der Waals surface area contributed by atoms with E-state index in [1.807, 2.05) is 30.3 Å². The van der Waals surface area contributed by atoms with Crippen LogP contribution in [0.5, 0.6) is 0 Å².